The second-order valence-corrected chi connectivity index (χ2v) is 5.17. The van der Waals surface area contributed by atoms with Gasteiger partial charge in [-0.25, -0.2) is 4.79 Å². The molecule has 0 heterocycles. The normalized spacial score (nSPS) is 15.0. The number of esters is 2. The maximum atomic E-state index is 12.1. The van der Waals surface area contributed by atoms with Crippen LogP contribution >= 0.6 is 0 Å². The number of carbonyl (C=O) groups excluding carboxylic acids is 2. The van der Waals surface area contributed by atoms with Crippen LogP contribution < -0.4 is 9.47 Å². The fraction of sp³-hybridized carbons (Fsp3) is 0.412. The van der Waals surface area contributed by atoms with Crippen molar-refractivity contribution in [1.29, 1.82) is 0 Å². The van der Waals surface area contributed by atoms with Crippen LogP contribution in [0.2, 0.25) is 0 Å². The molecule has 5 nitrogen and oxygen atoms in total. The average molecular weight is 304 g/mol. The Kier molecular flexibility index (Phi) is 5.58. The molecule has 0 aromatic heterocycles. The summed E-state index contributed by atoms with van der Waals surface area (Å²) in [4.78, 5) is 23.2. The van der Waals surface area contributed by atoms with Crippen LogP contribution in [0.4, 0.5) is 0 Å². The lowest BCUT2D eigenvalue weighted by molar-refractivity contribution is -0.139. The van der Waals surface area contributed by atoms with E-state index in [-0.39, 0.29) is 11.9 Å². The third-order valence-corrected chi connectivity index (χ3v) is 3.70. The average Bonchev–Trinajstić information content (AvgIpc) is 3.08. The second-order valence-electron chi connectivity index (χ2n) is 5.17. The molecule has 0 bridgehead atoms. The molecule has 118 valence electrons. The number of methoxy groups -OCH3 is 2. The Hall–Kier alpha value is -2.30. The monoisotopic (exact) mass is 304 g/mol. The van der Waals surface area contributed by atoms with E-state index in [4.69, 9.17) is 9.47 Å². The number of hydrogen-bond donors (Lipinski definition) is 0. The molecule has 22 heavy (non-hydrogen) atoms. The van der Waals surface area contributed by atoms with E-state index in [1.807, 2.05) is 0 Å². The van der Waals surface area contributed by atoms with Gasteiger partial charge in [-0.3, -0.25) is 4.79 Å². The van der Waals surface area contributed by atoms with Gasteiger partial charge in [0, 0.05) is 6.08 Å². The first-order valence-corrected chi connectivity index (χ1v) is 7.30. The summed E-state index contributed by atoms with van der Waals surface area (Å²) in [6.45, 7) is 0. The molecule has 0 saturated heterocycles. The maximum Gasteiger partial charge on any atom is 0.330 e. The van der Waals surface area contributed by atoms with E-state index in [1.54, 1.807) is 24.3 Å². The minimum absolute atomic E-state index is 0.0106. The molecule has 0 amide bonds. The van der Waals surface area contributed by atoms with E-state index >= 15 is 0 Å². The van der Waals surface area contributed by atoms with Gasteiger partial charge in [-0.05, 0) is 36.6 Å². The van der Waals surface area contributed by atoms with Crippen LogP contribution in [-0.4, -0.2) is 26.2 Å². The van der Waals surface area contributed by atoms with Crippen molar-refractivity contribution in [3.05, 3.63) is 29.8 Å². The minimum Gasteiger partial charge on any atom is -0.493 e. The van der Waals surface area contributed by atoms with Gasteiger partial charge in [-0.1, -0.05) is 18.9 Å². The first-order valence-electron chi connectivity index (χ1n) is 7.30. The Morgan fingerprint density at radius 1 is 1.14 bits per heavy atom. The van der Waals surface area contributed by atoms with E-state index in [2.05, 4.69) is 4.74 Å². The van der Waals surface area contributed by atoms with Gasteiger partial charge in [0.1, 0.15) is 0 Å². The Labute approximate surface area is 129 Å². The molecule has 1 saturated carbocycles. The Morgan fingerprint density at radius 3 is 2.50 bits per heavy atom. The molecule has 1 aliphatic rings. The summed E-state index contributed by atoms with van der Waals surface area (Å²) in [6, 6.07) is 5.12. The first kappa shape index (κ1) is 16.1. The fourth-order valence-corrected chi connectivity index (χ4v) is 2.46. The van der Waals surface area contributed by atoms with E-state index in [9.17, 15) is 9.59 Å². The summed E-state index contributed by atoms with van der Waals surface area (Å²) in [6.07, 6.45) is 6.86. The molecule has 0 unspecified atom stereocenters. The molecule has 1 aromatic rings. The van der Waals surface area contributed by atoms with Crippen LogP contribution in [0.15, 0.2) is 24.3 Å². The Bertz CT molecular complexity index is 570. The van der Waals surface area contributed by atoms with E-state index < -0.39 is 5.97 Å². The molecule has 2 rings (SSSR count). The van der Waals surface area contributed by atoms with Gasteiger partial charge >= 0.3 is 11.9 Å². The van der Waals surface area contributed by atoms with Crippen molar-refractivity contribution in [2.45, 2.75) is 25.7 Å². The summed E-state index contributed by atoms with van der Waals surface area (Å²) in [5.74, 6) is 0.209. The van der Waals surface area contributed by atoms with Crippen LogP contribution in [0.25, 0.3) is 6.08 Å². The zero-order valence-electron chi connectivity index (χ0n) is 12.8. The predicted octanol–water partition coefficient (Wildman–Crippen LogP) is 2.98. The molecule has 1 aromatic carbocycles. The number of hydrogen-bond acceptors (Lipinski definition) is 5. The summed E-state index contributed by atoms with van der Waals surface area (Å²) < 4.78 is 15.2. The van der Waals surface area contributed by atoms with Crippen molar-refractivity contribution in [3.63, 3.8) is 0 Å². The van der Waals surface area contributed by atoms with Crippen molar-refractivity contribution in [1.82, 2.24) is 0 Å². The third kappa shape index (κ3) is 4.10. The van der Waals surface area contributed by atoms with Crippen molar-refractivity contribution in [2.75, 3.05) is 14.2 Å². The lowest BCUT2D eigenvalue weighted by Crippen LogP contribution is -2.18. The van der Waals surface area contributed by atoms with Crippen LogP contribution in [0, 0.1) is 5.92 Å². The number of rotatable bonds is 5. The molecule has 0 spiro atoms. The van der Waals surface area contributed by atoms with Gasteiger partial charge in [0.15, 0.2) is 11.5 Å². The maximum absolute atomic E-state index is 12.1. The lowest BCUT2D eigenvalue weighted by atomic mass is 10.1. The van der Waals surface area contributed by atoms with Crippen LogP contribution in [0.1, 0.15) is 31.2 Å². The van der Waals surface area contributed by atoms with Crippen LogP contribution in [-0.2, 0) is 14.3 Å². The molecule has 1 aliphatic carbocycles. The van der Waals surface area contributed by atoms with Crippen molar-refractivity contribution < 1.29 is 23.8 Å². The molecular weight excluding hydrogens is 284 g/mol. The lowest BCUT2D eigenvalue weighted by Gasteiger charge is -2.12. The molecule has 0 aliphatic heterocycles. The van der Waals surface area contributed by atoms with E-state index in [1.165, 1.54) is 20.3 Å². The predicted molar refractivity (Wildman–Crippen MR) is 81.6 cm³/mol. The summed E-state index contributed by atoms with van der Waals surface area (Å²) >= 11 is 0. The van der Waals surface area contributed by atoms with Gasteiger partial charge in [0.25, 0.3) is 0 Å². The van der Waals surface area contributed by atoms with Crippen LogP contribution in [0.3, 0.4) is 0 Å². The smallest absolute Gasteiger partial charge is 0.330 e. The Morgan fingerprint density at radius 2 is 1.86 bits per heavy atom. The van der Waals surface area contributed by atoms with Gasteiger partial charge < -0.3 is 14.2 Å². The highest BCUT2D eigenvalue weighted by Gasteiger charge is 2.25. The van der Waals surface area contributed by atoms with Crippen molar-refractivity contribution in [3.8, 4) is 11.5 Å². The van der Waals surface area contributed by atoms with E-state index in [0.29, 0.717) is 11.5 Å². The zero-order chi connectivity index (χ0) is 15.9. The van der Waals surface area contributed by atoms with Crippen molar-refractivity contribution in [2.24, 2.45) is 5.92 Å². The molecule has 0 N–H and O–H groups in total. The quantitative estimate of drug-likeness (QED) is 0.475. The van der Waals surface area contributed by atoms with E-state index in [0.717, 1.165) is 31.2 Å². The number of ether oxygens (including phenoxy) is 3. The highest BCUT2D eigenvalue weighted by atomic mass is 16.6. The number of carbonyl (C=O) groups is 2. The zero-order valence-corrected chi connectivity index (χ0v) is 12.8. The summed E-state index contributed by atoms with van der Waals surface area (Å²) in [5, 5.41) is 0. The number of benzene rings is 1. The van der Waals surface area contributed by atoms with Crippen molar-refractivity contribution >= 4 is 18.0 Å². The SMILES string of the molecule is COC(=O)/C=C\c1ccc(OC(=O)C2CCCC2)c(OC)c1. The fourth-order valence-electron chi connectivity index (χ4n) is 2.46. The first-order chi connectivity index (χ1) is 10.6. The molecular formula is C17H20O5. The minimum atomic E-state index is -0.435. The molecule has 5 heteroatoms. The summed E-state index contributed by atoms with van der Waals surface area (Å²) in [7, 11) is 2.83. The standard InChI is InChI=1S/C17H20O5/c1-20-15-11-12(8-10-16(18)21-2)7-9-14(15)22-17(19)13-5-3-4-6-13/h7-11,13H,3-6H2,1-2H3/b10-8-. The van der Waals surface area contributed by atoms with Gasteiger partial charge in [-0.15, -0.1) is 0 Å². The largest absolute Gasteiger partial charge is 0.493 e. The molecule has 1 fully saturated rings. The Balaban J connectivity index is 2.10. The van der Waals surface area contributed by atoms with Crippen LogP contribution in [0.5, 0.6) is 11.5 Å². The second kappa shape index (κ2) is 7.64. The molecule has 0 radical (unpaired) electrons. The van der Waals surface area contributed by atoms with Gasteiger partial charge in [0.05, 0.1) is 20.1 Å². The summed E-state index contributed by atoms with van der Waals surface area (Å²) in [5.41, 5.74) is 0.753. The van der Waals surface area contributed by atoms with Gasteiger partial charge in [0.2, 0.25) is 0 Å². The highest BCUT2D eigenvalue weighted by molar-refractivity contribution is 5.87. The molecule has 0 atom stereocenters. The van der Waals surface area contributed by atoms with Gasteiger partial charge in [-0.2, -0.15) is 0 Å². The highest BCUT2D eigenvalue weighted by Crippen LogP contribution is 2.32. The topological polar surface area (TPSA) is 61.8 Å². The third-order valence-electron chi connectivity index (χ3n) is 3.70.